The first-order chi connectivity index (χ1) is 6.22. The number of nitrogens with one attached hydrogen (secondary N) is 2. The average Bonchev–Trinajstić information content (AvgIpc) is 2.12. The maximum atomic E-state index is 10.9. The van der Waals surface area contributed by atoms with Crippen molar-refractivity contribution in [1.29, 1.82) is 0 Å². The Bertz CT molecular complexity index is 192. The number of hydrogen-bond donors (Lipinski definition) is 2. The molecule has 13 heavy (non-hydrogen) atoms. The van der Waals surface area contributed by atoms with Crippen LogP contribution in [-0.2, 0) is 14.3 Å². The van der Waals surface area contributed by atoms with Gasteiger partial charge in [-0.05, 0) is 6.92 Å². The lowest BCUT2D eigenvalue weighted by Crippen LogP contribution is -2.40. The highest BCUT2D eigenvalue weighted by atomic mass is 16.5. The molecule has 0 aliphatic rings. The topological polar surface area (TPSA) is 67.4 Å². The molecule has 0 aromatic carbocycles. The summed E-state index contributed by atoms with van der Waals surface area (Å²) in [5.41, 5.74) is 0. The Kier molecular flexibility index (Phi) is 6.31. The lowest BCUT2D eigenvalue weighted by atomic mass is 10.5. The molecule has 2 amide bonds. The Hall–Kier alpha value is -1.52. The second-order valence-corrected chi connectivity index (χ2v) is 2.15. The molecule has 0 saturated carbocycles. The zero-order valence-electron chi connectivity index (χ0n) is 7.63. The highest BCUT2D eigenvalue weighted by Crippen LogP contribution is 1.73. The summed E-state index contributed by atoms with van der Waals surface area (Å²) >= 11 is 0. The van der Waals surface area contributed by atoms with Gasteiger partial charge < -0.3 is 15.4 Å². The zero-order valence-corrected chi connectivity index (χ0v) is 7.63. The number of amides is 2. The van der Waals surface area contributed by atoms with Crippen LogP contribution in [0.5, 0.6) is 0 Å². The highest BCUT2D eigenvalue weighted by Gasteiger charge is 2.10. The summed E-state index contributed by atoms with van der Waals surface area (Å²) in [6.45, 7) is 6.12. The lowest BCUT2D eigenvalue weighted by molar-refractivity contribution is -0.139. The van der Waals surface area contributed by atoms with Crippen molar-refractivity contribution >= 4 is 11.8 Å². The largest absolute Gasteiger partial charge is 0.500 e. The Labute approximate surface area is 77.1 Å². The van der Waals surface area contributed by atoms with Crippen molar-refractivity contribution < 1.29 is 14.3 Å². The van der Waals surface area contributed by atoms with E-state index in [1.54, 1.807) is 6.92 Å². The highest BCUT2D eigenvalue weighted by molar-refractivity contribution is 6.35. The molecule has 2 N–H and O–H groups in total. The van der Waals surface area contributed by atoms with Gasteiger partial charge in [0.05, 0.1) is 12.8 Å². The van der Waals surface area contributed by atoms with E-state index < -0.39 is 11.8 Å². The molecule has 0 bridgehead atoms. The van der Waals surface area contributed by atoms with Gasteiger partial charge in [-0.3, -0.25) is 9.59 Å². The Morgan fingerprint density at radius 3 is 2.54 bits per heavy atom. The minimum Gasteiger partial charge on any atom is -0.500 e. The van der Waals surface area contributed by atoms with Crippen LogP contribution in [0.2, 0.25) is 0 Å². The van der Waals surface area contributed by atoms with Crippen molar-refractivity contribution in [2.45, 2.75) is 6.92 Å². The number of carbonyl (C=O) groups is 2. The standard InChI is InChI=1S/C8H14N2O3/c1-3-9-7(11)8(12)10-5-6-13-4-2/h4H,2-3,5-6H2,1H3,(H,9,11)(H,10,12). The Balaban J connectivity index is 3.50. The first kappa shape index (κ1) is 11.5. The second kappa shape index (κ2) is 7.15. The van der Waals surface area contributed by atoms with Gasteiger partial charge in [-0.15, -0.1) is 0 Å². The van der Waals surface area contributed by atoms with E-state index in [1.807, 2.05) is 0 Å². The van der Waals surface area contributed by atoms with Gasteiger partial charge in [0.25, 0.3) is 0 Å². The minimum atomic E-state index is -0.644. The SMILES string of the molecule is C=COCCNC(=O)C(=O)NCC. The Morgan fingerprint density at radius 1 is 1.38 bits per heavy atom. The van der Waals surface area contributed by atoms with Gasteiger partial charge in [0.15, 0.2) is 0 Å². The van der Waals surface area contributed by atoms with Crippen LogP contribution in [-0.4, -0.2) is 31.5 Å². The summed E-state index contributed by atoms with van der Waals surface area (Å²) in [5.74, 6) is -1.27. The van der Waals surface area contributed by atoms with Gasteiger partial charge >= 0.3 is 11.8 Å². The van der Waals surface area contributed by atoms with E-state index in [2.05, 4.69) is 17.2 Å². The third-order valence-electron chi connectivity index (χ3n) is 1.17. The third-order valence-corrected chi connectivity index (χ3v) is 1.17. The molecule has 0 saturated heterocycles. The Morgan fingerprint density at radius 2 is 2.00 bits per heavy atom. The fraction of sp³-hybridized carbons (Fsp3) is 0.500. The van der Waals surface area contributed by atoms with Crippen LogP contribution in [0.15, 0.2) is 12.8 Å². The predicted molar refractivity (Wildman–Crippen MR) is 47.8 cm³/mol. The van der Waals surface area contributed by atoms with E-state index in [-0.39, 0.29) is 0 Å². The van der Waals surface area contributed by atoms with Crippen LogP contribution >= 0.6 is 0 Å². The number of ether oxygens (including phenoxy) is 1. The van der Waals surface area contributed by atoms with Gasteiger partial charge in [-0.2, -0.15) is 0 Å². The molecule has 0 rings (SSSR count). The number of rotatable bonds is 5. The summed E-state index contributed by atoms with van der Waals surface area (Å²) in [4.78, 5) is 21.7. The van der Waals surface area contributed by atoms with Gasteiger partial charge in [0.1, 0.15) is 6.61 Å². The predicted octanol–water partition coefficient (Wildman–Crippen LogP) is -0.601. The molecule has 5 nitrogen and oxygen atoms in total. The van der Waals surface area contributed by atoms with E-state index in [9.17, 15) is 9.59 Å². The minimum absolute atomic E-state index is 0.294. The maximum absolute atomic E-state index is 10.9. The van der Waals surface area contributed by atoms with Crippen LogP contribution in [0.3, 0.4) is 0 Å². The van der Waals surface area contributed by atoms with Gasteiger partial charge in [0.2, 0.25) is 0 Å². The number of hydrogen-bond acceptors (Lipinski definition) is 3. The summed E-state index contributed by atoms with van der Waals surface area (Å²) in [7, 11) is 0. The normalized spacial score (nSPS) is 8.69. The molecular weight excluding hydrogens is 172 g/mol. The fourth-order valence-corrected chi connectivity index (χ4v) is 0.628. The van der Waals surface area contributed by atoms with E-state index >= 15 is 0 Å². The quantitative estimate of drug-likeness (QED) is 0.342. The molecule has 0 spiro atoms. The molecule has 5 heteroatoms. The van der Waals surface area contributed by atoms with Crippen LogP contribution < -0.4 is 10.6 Å². The lowest BCUT2D eigenvalue weighted by Gasteiger charge is -2.03. The molecule has 0 heterocycles. The van der Waals surface area contributed by atoms with Crippen LogP contribution in [0.1, 0.15) is 6.92 Å². The molecule has 0 aromatic heterocycles. The van der Waals surface area contributed by atoms with Gasteiger partial charge in [0, 0.05) is 6.54 Å². The molecule has 0 unspecified atom stereocenters. The van der Waals surface area contributed by atoms with Crippen molar-refractivity contribution in [2.24, 2.45) is 0 Å². The second-order valence-electron chi connectivity index (χ2n) is 2.15. The van der Waals surface area contributed by atoms with Crippen molar-refractivity contribution in [3.05, 3.63) is 12.8 Å². The molecule has 0 aliphatic heterocycles. The fourth-order valence-electron chi connectivity index (χ4n) is 0.628. The summed E-state index contributed by atoms with van der Waals surface area (Å²) in [5, 5.41) is 4.75. The van der Waals surface area contributed by atoms with Crippen LogP contribution in [0.4, 0.5) is 0 Å². The molecule has 0 aliphatic carbocycles. The van der Waals surface area contributed by atoms with Crippen molar-refractivity contribution in [2.75, 3.05) is 19.7 Å². The van der Waals surface area contributed by atoms with Crippen molar-refractivity contribution in [1.82, 2.24) is 10.6 Å². The summed E-state index contributed by atoms with van der Waals surface area (Å²) < 4.78 is 4.74. The average molecular weight is 186 g/mol. The molecule has 74 valence electrons. The van der Waals surface area contributed by atoms with E-state index in [4.69, 9.17) is 4.74 Å². The van der Waals surface area contributed by atoms with Gasteiger partial charge in [-0.25, -0.2) is 0 Å². The van der Waals surface area contributed by atoms with Crippen molar-refractivity contribution in [3.63, 3.8) is 0 Å². The van der Waals surface area contributed by atoms with E-state index in [0.717, 1.165) is 0 Å². The molecule has 0 fully saturated rings. The third kappa shape index (κ3) is 5.72. The number of likely N-dealkylation sites (N-methyl/N-ethyl adjacent to an activating group) is 1. The zero-order chi connectivity index (χ0) is 10.1. The molecule has 0 aromatic rings. The first-order valence-electron chi connectivity index (χ1n) is 4.01. The summed E-state index contributed by atoms with van der Waals surface area (Å²) in [6, 6.07) is 0. The van der Waals surface area contributed by atoms with Crippen molar-refractivity contribution in [3.8, 4) is 0 Å². The van der Waals surface area contributed by atoms with Crippen LogP contribution in [0, 0.1) is 0 Å². The summed E-state index contributed by atoms with van der Waals surface area (Å²) in [6.07, 6.45) is 1.28. The number of carbonyl (C=O) groups excluding carboxylic acids is 2. The maximum Gasteiger partial charge on any atom is 0.309 e. The molecule has 0 atom stereocenters. The van der Waals surface area contributed by atoms with E-state index in [1.165, 1.54) is 6.26 Å². The molecule has 0 radical (unpaired) electrons. The smallest absolute Gasteiger partial charge is 0.309 e. The monoisotopic (exact) mass is 186 g/mol. The van der Waals surface area contributed by atoms with Crippen LogP contribution in [0.25, 0.3) is 0 Å². The van der Waals surface area contributed by atoms with E-state index in [0.29, 0.717) is 19.7 Å². The van der Waals surface area contributed by atoms with Gasteiger partial charge in [-0.1, -0.05) is 6.58 Å². The molecular formula is C8H14N2O3. The first-order valence-corrected chi connectivity index (χ1v) is 4.01.